The van der Waals surface area contributed by atoms with Gasteiger partial charge in [-0.15, -0.1) is 10.2 Å². The van der Waals surface area contributed by atoms with Crippen molar-refractivity contribution in [1.29, 1.82) is 0 Å². The molecule has 94 valence electrons. The van der Waals surface area contributed by atoms with Crippen LogP contribution in [0.1, 0.15) is 0 Å². The summed E-state index contributed by atoms with van der Waals surface area (Å²) in [4.78, 5) is 8.20. The van der Waals surface area contributed by atoms with Crippen molar-refractivity contribution in [2.75, 3.05) is 0 Å². The highest BCUT2D eigenvalue weighted by Crippen LogP contribution is 2.31. The monoisotopic (exact) mass is 292 g/mol. The molecule has 0 aromatic carbocycles. The predicted molar refractivity (Wildman–Crippen MR) is 70.8 cm³/mol. The van der Waals surface area contributed by atoms with E-state index >= 15 is 0 Å². The van der Waals surface area contributed by atoms with E-state index in [9.17, 15) is 0 Å². The van der Waals surface area contributed by atoms with E-state index in [1.54, 1.807) is 24.4 Å². The fraction of sp³-hybridized carbons (Fsp3) is 0. The van der Waals surface area contributed by atoms with Gasteiger partial charge in [0.15, 0.2) is 0 Å². The number of halogens is 2. The largest absolute Gasteiger partial charge is 0.413 e. The highest BCUT2D eigenvalue weighted by Gasteiger charge is 2.16. The summed E-state index contributed by atoms with van der Waals surface area (Å²) >= 11 is 12.0. The second-order valence-corrected chi connectivity index (χ2v) is 4.37. The summed E-state index contributed by atoms with van der Waals surface area (Å²) in [5.41, 5.74) is 0.934. The van der Waals surface area contributed by atoms with Gasteiger partial charge in [0.25, 0.3) is 11.8 Å². The molecule has 3 rings (SSSR count). The Labute approximate surface area is 118 Å². The topological polar surface area (TPSA) is 64.7 Å². The third-order valence-electron chi connectivity index (χ3n) is 2.35. The van der Waals surface area contributed by atoms with Crippen molar-refractivity contribution in [2.24, 2.45) is 0 Å². The molecule has 0 radical (unpaired) electrons. The van der Waals surface area contributed by atoms with Gasteiger partial charge in [0.1, 0.15) is 11.4 Å². The zero-order valence-electron chi connectivity index (χ0n) is 9.42. The molecule has 19 heavy (non-hydrogen) atoms. The van der Waals surface area contributed by atoms with Gasteiger partial charge < -0.3 is 4.42 Å². The minimum absolute atomic E-state index is 0.202. The molecular weight excluding hydrogens is 287 g/mol. The predicted octanol–water partition coefficient (Wildman–Crippen LogP) is 3.50. The van der Waals surface area contributed by atoms with Gasteiger partial charge in [-0.1, -0.05) is 29.3 Å². The van der Waals surface area contributed by atoms with E-state index in [4.69, 9.17) is 27.6 Å². The second-order valence-electron chi connectivity index (χ2n) is 3.58. The van der Waals surface area contributed by atoms with E-state index in [1.165, 1.54) is 6.20 Å². The van der Waals surface area contributed by atoms with Crippen LogP contribution in [0.15, 0.2) is 41.1 Å². The highest BCUT2D eigenvalue weighted by atomic mass is 35.5. The summed E-state index contributed by atoms with van der Waals surface area (Å²) in [7, 11) is 0. The molecule has 0 N–H and O–H groups in total. The smallest absolute Gasteiger partial charge is 0.268 e. The summed E-state index contributed by atoms with van der Waals surface area (Å²) < 4.78 is 5.50. The van der Waals surface area contributed by atoms with Gasteiger partial charge >= 0.3 is 0 Å². The van der Waals surface area contributed by atoms with Crippen molar-refractivity contribution in [2.45, 2.75) is 0 Å². The molecule has 3 heterocycles. The first-order chi connectivity index (χ1) is 9.25. The highest BCUT2D eigenvalue weighted by molar-refractivity contribution is 6.43. The van der Waals surface area contributed by atoms with Crippen molar-refractivity contribution >= 4 is 23.2 Å². The first-order valence-electron chi connectivity index (χ1n) is 5.31. The Kier molecular flexibility index (Phi) is 3.15. The van der Waals surface area contributed by atoms with E-state index in [2.05, 4.69) is 20.2 Å². The Bertz CT molecular complexity index is 715. The van der Waals surface area contributed by atoms with Crippen LogP contribution in [0, 0.1) is 0 Å². The van der Waals surface area contributed by atoms with E-state index in [0.717, 1.165) is 0 Å². The minimum atomic E-state index is 0.202. The number of nitrogens with zero attached hydrogens (tertiary/aromatic N) is 4. The zero-order chi connectivity index (χ0) is 13.2. The Morgan fingerprint density at radius 1 is 0.895 bits per heavy atom. The van der Waals surface area contributed by atoms with Crippen LogP contribution >= 0.6 is 23.2 Å². The molecule has 3 aromatic rings. The third-order valence-corrected chi connectivity index (χ3v) is 3.15. The lowest BCUT2D eigenvalue weighted by Crippen LogP contribution is -1.85. The summed E-state index contributed by atoms with van der Waals surface area (Å²) in [5.74, 6) is 0.501. The summed E-state index contributed by atoms with van der Waals surface area (Å²) in [6.07, 6.45) is 3.16. The van der Waals surface area contributed by atoms with Crippen LogP contribution in [0.2, 0.25) is 10.0 Å². The van der Waals surface area contributed by atoms with Crippen LogP contribution in [0.3, 0.4) is 0 Å². The van der Waals surface area contributed by atoms with E-state index in [-0.39, 0.29) is 10.9 Å². The van der Waals surface area contributed by atoms with Crippen molar-refractivity contribution in [1.82, 2.24) is 20.2 Å². The maximum atomic E-state index is 6.05. The lowest BCUT2D eigenvalue weighted by Gasteiger charge is -1.98. The van der Waals surface area contributed by atoms with Crippen LogP contribution in [0.25, 0.3) is 23.2 Å². The number of hydrogen-bond acceptors (Lipinski definition) is 5. The Morgan fingerprint density at radius 2 is 1.74 bits per heavy atom. The molecule has 0 amide bonds. The maximum absolute atomic E-state index is 6.05. The SMILES string of the molecule is Clc1ccnc(-c2nnc(-c3ccccn3)o2)c1Cl. The van der Waals surface area contributed by atoms with Gasteiger partial charge in [-0.3, -0.25) is 4.98 Å². The fourth-order valence-electron chi connectivity index (χ4n) is 1.48. The lowest BCUT2D eigenvalue weighted by molar-refractivity contribution is 0.580. The Morgan fingerprint density at radius 3 is 2.53 bits per heavy atom. The Hall–Kier alpha value is -1.98. The van der Waals surface area contributed by atoms with Gasteiger partial charge in [0.05, 0.1) is 10.0 Å². The fourth-order valence-corrected chi connectivity index (χ4v) is 1.82. The summed E-state index contributed by atoms with van der Waals surface area (Å²) in [6, 6.07) is 6.99. The Balaban J connectivity index is 2.05. The van der Waals surface area contributed by atoms with Crippen LogP contribution in [-0.4, -0.2) is 20.2 Å². The maximum Gasteiger partial charge on any atom is 0.268 e. The number of rotatable bonds is 2. The molecule has 0 bridgehead atoms. The molecule has 5 nitrogen and oxygen atoms in total. The molecule has 0 atom stereocenters. The van der Waals surface area contributed by atoms with Crippen molar-refractivity contribution in [3.05, 3.63) is 46.7 Å². The average Bonchev–Trinajstić information content (AvgIpc) is 2.92. The molecule has 0 fully saturated rings. The van der Waals surface area contributed by atoms with Crippen molar-refractivity contribution in [3.8, 4) is 23.2 Å². The van der Waals surface area contributed by atoms with E-state index in [1.807, 2.05) is 6.07 Å². The molecule has 0 unspecified atom stereocenters. The van der Waals surface area contributed by atoms with Gasteiger partial charge in [-0.2, -0.15) is 0 Å². The first-order valence-corrected chi connectivity index (χ1v) is 6.06. The average molecular weight is 293 g/mol. The van der Waals surface area contributed by atoms with Crippen LogP contribution < -0.4 is 0 Å². The molecule has 7 heteroatoms. The van der Waals surface area contributed by atoms with Gasteiger partial charge in [-0.25, -0.2) is 4.98 Å². The lowest BCUT2D eigenvalue weighted by atomic mass is 10.3. The first kappa shape index (κ1) is 12.1. The summed E-state index contributed by atoms with van der Waals surface area (Å²) in [6.45, 7) is 0. The van der Waals surface area contributed by atoms with E-state index < -0.39 is 0 Å². The minimum Gasteiger partial charge on any atom is -0.413 e. The molecule has 0 saturated carbocycles. The number of pyridine rings is 2. The quantitative estimate of drug-likeness (QED) is 0.723. The molecule has 0 aliphatic carbocycles. The number of aromatic nitrogens is 4. The second kappa shape index (κ2) is 4.95. The third kappa shape index (κ3) is 2.30. The van der Waals surface area contributed by atoms with Gasteiger partial charge in [0, 0.05) is 12.4 Å². The normalized spacial score (nSPS) is 10.6. The van der Waals surface area contributed by atoms with E-state index in [0.29, 0.717) is 22.3 Å². The molecule has 0 aliphatic heterocycles. The standard InChI is InChI=1S/C12H6Cl2N4O/c13-7-4-6-16-10(9(7)14)12-18-17-11(19-12)8-3-1-2-5-15-8/h1-6H. The molecule has 0 aliphatic rings. The molecular formula is C12H6Cl2N4O. The van der Waals surface area contributed by atoms with Gasteiger partial charge in [0.2, 0.25) is 0 Å². The molecule has 0 saturated heterocycles. The molecule has 0 spiro atoms. The van der Waals surface area contributed by atoms with Crippen molar-refractivity contribution < 1.29 is 4.42 Å². The van der Waals surface area contributed by atoms with Crippen LogP contribution in [0.4, 0.5) is 0 Å². The molecule has 3 aromatic heterocycles. The zero-order valence-corrected chi connectivity index (χ0v) is 10.9. The van der Waals surface area contributed by atoms with Crippen LogP contribution in [-0.2, 0) is 0 Å². The van der Waals surface area contributed by atoms with Crippen molar-refractivity contribution in [3.63, 3.8) is 0 Å². The van der Waals surface area contributed by atoms with Gasteiger partial charge in [-0.05, 0) is 18.2 Å². The summed E-state index contributed by atoms with van der Waals surface area (Å²) in [5, 5.41) is 8.47. The number of hydrogen-bond donors (Lipinski definition) is 0. The van der Waals surface area contributed by atoms with Crippen LogP contribution in [0.5, 0.6) is 0 Å².